The van der Waals surface area contributed by atoms with E-state index in [4.69, 9.17) is 5.41 Å². The van der Waals surface area contributed by atoms with Crippen LogP contribution in [0.4, 0.5) is 0 Å². The summed E-state index contributed by atoms with van der Waals surface area (Å²) in [6.07, 6.45) is 1.72. The molecule has 0 aliphatic rings. The smallest absolute Gasteiger partial charge is 0.0294 e. The fraction of sp³-hybridized carbons (Fsp3) is 0.286. The molecule has 0 amide bonds. The molecule has 2 heteroatoms. The summed E-state index contributed by atoms with van der Waals surface area (Å²) in [6.45, 7) is 7.32. The Labute approximate surface area is 64.1 Å². The summed E-state index contributed by atoms with van der Waals surface area (Å²) in [4.78, 5) is 0. The van der Waals surface area contributed by atoms with Crippen LogP contribution in [-0.2, 0) is 0 Å². The van der Waals surface area contributed by atoms with E-state index in [9.17, 15) is 0 Å². The van der Waals surface area contributed by atoms with Crippen molar-refractivity contribution in [2.45, 2.75) is 13.8 Å². The first-order chi connectivity index (χ1) is 4.04. The number of nitrogens with one attached hydrogen (secondary N) is 1. The van der Waals surface area contributed by atoms with Crippen LogP contribution in [0.3, 0.4) is 0 Å². The average Bonchev–Trinajstić information content (AvgIpc) is 1.63. The van der Waals surface area contributed by atoms with Crippen LogP contribution in [0.2, 0.25) is 0 Å². The maximum atomic E-state index is 7.07. The molecular weight excluding hydrogens is 178 g/mol. The third-order valence-corrected chi connectivity index (χ3v) is 1.66. The van der Waals surface area contributed by atoms with Gasteiger partial charge in [0.15, 0.2) is 0 Å². The Morgan fingerprint density at radius 2 is 2.00 bits per heavy atom. The lowest BCUT2D eigenvalue weighted by Gasteiger charge is -1.93. The van der Waals surface area contributed by atoms with Gasteiger partial charge in [-0.05, 0) is 25.5 Å². The van der Waals surface area contributed by atoms with E-state index in [0.29, 0.717) is 5.71 Å². The summed E-state index contributed by atoms with van der Waals surface area (Å²) < 4.78 is 0.898. The zero-order valence-electron chi connectivity index (χ0n) is 5.66. The minimum Gasteiger partial charge on any atom is -0.306 e. The second-order valence-electron chi connectivity index (χ2n) is 1.96. The molecule has 0 atom stereocenters. The second-order valence-corrected chi connectivity index (χ2v) is 2.81. The molecule has 1 nitrogen and oxygen atoms in total. The van der Waals surface area contributed by atoms with E-state index < -0.39 is 0 Å². The van der Waals surface area contributed by atoms with Gasteiger partial charge in [0.05, 0.1) is 0 Å². The van der Waals surface area contributed by atoms with Crippen LogP contribution >= 0.6 is 15.9 Å². The van der Waals surface area contributed by atoms with Crippen LogP contribution in [-0.4, -0.2) is 5.71 Å². The molecule has 0 spiro atoms. The molecule has 1 N–H and O–H groups in total. The summed E-state index contributed by atoms with van der Waals surface area (Å²) in [6, 6.07) is 0. The predicted octanol–water partition coefficient (Wildman–Crippen LogP) is 2.88. The summed E-state index contributed by atoms with van der Waals surface area (Å²) in [7, 11) is 0. The topological polar surface area (TPSA) is 23.9 Å². The van der Waals surface area contributed by atoms with Crippen LogP contribution in [0.25, 0.3) is 0 Å². The van der Waals surface area contributed by atoms with Crippen molar-refractivity contribution in [3.05, 3.63) is 22.7 Å². The lowest BCUT2D eigenvalue weighted by molar-refractivity contribution is 1.48. The molecule has 0 aliphatic carbocycles. The molecule has 0 aromatic rings. The van der Waals surface area contributed by atoms with Crippen molar-refractivity contribution in [2.75, 3.05) is 0 Å². The van der Waals surface area contributed by atoms with Crippen LogP contribution in [0, 0.1) is 5.41 Å². The number of rotatable bonds is 2. The fourth-order valence-corrected chi connectivity index (χ4v) is 0.657. The van der Waals surface area contributed by atoms with Crippen LogP contribution in [0.15, 0.2) is 22.7 Å². The van der Waals surface area contributed by atoms with E-state index >= 15 is 0 Å². The number of halogens is 1. The molecule has 0 saturated carbocycles. The predicted molar refractivity (Wildman–Crippen MR) is 45.2 cm³/mol. The standard InChI is InChI=1S/C7H10BrN/c1-5(2)7(8)4-6(3)9/h4,9H,1H2,2-3H3/b7-4+,9-6?. The number of allylic oxidation sites excluding steroid dienone is 3. The third-order valence-electron chi connectivity index (χ3n) is 0.751. The van der Waals surface area contributed by atoms with Crippen molar-refractivity contribution < 1.29 is 0 Å². The first-order valence-corrected chi connectivity index (χ1v) is 3.41. The minimum absolute atomic E-state index is 0.532. The van der Waals surface area contributed by atoms with E-state index in [2.05, 4.69) is 22.5 Å². The van der Waals surface area contributed by atoms with Gasteiger partial charge in [0.25, 0.3) is 0 Å². The lowest BCUT2D eigenvalue weighted by Crippen LogP contribution is -1.81. The highest BCUT2D eigenvalue weighted by Gasteiger charge is 1.89. The van der Waals surface area contributed by atoms with E-state index in [1.807, 2.05) is 6.92 Å². The zero-order valence-corrected chi connectivity index (χ0v) is 7.25. The summed E-state index contributed by atoms with van der Waals surface area (Å²) >= 11 is 3.26. The van der Waals surface area contributed by atoms with Crippen molar-refractivity contribution in [3.63, 3.8) is 0 Å². The van der Waals surface area contributed by atoms with Crippen LogP contribution in [0.5, 0.6) is 0 Å². The summed E-state index contributed by atoms with van der Waals surface area (Å²) in [5.41, 5.74) is 1.48. The third kappa shape index (κ3) is 4.15. The zero-order chi connectivity index (χ0) is 7.44. The molecule has 0 fully saturated rings. The van der Waals surface area contributed by atoms with Crippen LogP contribution in [0.1, 0.15) is 13.8 Å². The Morgan fingerprint density at radius 3 is 2.11 bits per heavy atom. The second kappa shape index (κ2) is 3.62. The van der Waals surface area contributed by atoms with Gasteiger partial charge in [-0.2, -0.15) is 0 Å². The molecule has 0 bridgehead atoms. The highest BCUT2D eigenvalue weighted by molar-refractivity contribution is 9.12. The Morgan fingerprint density at radius 1 is 1.56 bits per heavy atom. The van der Waals surface area contributed by atoms with Gasteiger partial charge in [0.2, 0.25) is 0 Å². The molecule has 0 radical (unpaired) electrons. The molecular formula is C7H10BrN. The first kappa shape index (κ1) is 8.63. The van der Waals surface area contributed by atoms with Crippen molar-refractivity contribution in [2.24, 2.45) is 0 Å². The van der Waals surface area contributed by atoms with Crippen molar-refractivity contribution in [1.82, 2.24) is 0 Å². The SMILES string of the molecule is C=C(C)/C(Br)=C\C(C)=N. The largest absolute Gasteiger partial charge is 0.306 e. The highest BCUT2D eigenvalue weighted by Crippen LogP contribution is 2.13. The molecule has 9 heavy (non-hydrogen) atoms. The Kier molecular flexibility index (Phi) is 3.47. The van der Waals surface area contributed by atoms with Gasteiger partial charge in [0.1, 0.15) is 0 Å². The number of hydrogen-bond donors (Lipinski definition) is 1. The van der Waals surface area contributed by atoms with E-state index in [1.54, 1.807) is 13.0 Å². The fourth-order valence-electron chi connectivity index (χ4n) is 0.313. The van der Waals surface area contributed by atoms with Gasteiger partial charge in [-0.25, -0.2) is 0 Å². The van der Waals surface area contributed by atoms with Crippen LogP contribution < -0.4 is 0 Å². The monoisotopic (exact) mass is 187 g/mol. The highest BCUT2D eigenvalue weighted by atomic mass is 79.9. The van der Waals surface area contributed by atoms with Gasteiger partial charge in [-0.1, -0.05) is 22.5 Å². The number of hydrogen-bond acceptors (Lipinski definition) is 1. The van der Waals surface area contributed by atoms with Gasteiger partial charge in [-0.15, -0.1) is 0 Å². The molecule has 0 aliphatic heterocycles. The van der Waals surface area contributed by atoms with Gasteiger partial charge in [-0.3, -0.25) is 0 Å². The van der Waals surface area contributed by atoms with E-state index in [1.165, 1.54) is 0 Å². The molecule has 0 saturated heterocycles. The van der Waals surface area contributed by atoms with Gasteiger partial charge < -0.3 is 5.41 Å². The van der Waals surface area contributed by atoms with Crippen molar-refractivity contribution in [1.29, 1.82) is 5.41 Å². The Hall–Kier alpha value is -0.370. The summed E-state index contributed by atoms with van der Waals surface area (Å²) in [5, 5.41) is 7.07. The molecule has 0 unspecified atom stereocenters. The van der Waals surface area contributed by atoms with Gasteiger partial charge >= 0.3 is 0 Å². The Bertz CT molecular complexity index is 168. The Balaban J connectivity index is 4.17. The molecule has 50 valence electrons. The molecule has 0 heterocycles. The van der Waals surface area contributed by atoms with Crippen molar-refractivity contribution >= 4 is 21.6 Å². The first-order valence-electron chi connectivity index (χ1n) is 2.62. The maximum Gasteiger partial charge on any atom is 0.0294 e. The molecule has 0 rings (SSSR count). The van der Waals surface area contributed by atoms with E-state index in [0.717, 1.165) is 10.1 Å². The molecule has 0 aromatic carbocycles. The maximum absolute atomic E-state index is 7.07. The molecule has 0 aromatic heterocycles. The van der Waals surface area contributed by atoms with Gasteiger partial charge in [0, 0.05) is 10.2 Å². The van der Waals surface area contributed by atoms with E-state index in [-0.39, 0.29) is 0 Å². The quantitative estimate of drug-likeness (QED) is 0.508. The average molecular weight is 188 g/mol. The van der Waals surface area contributed by atoms with Crippen molar-refractivity contribution in [3.8, 4) is 0 Å². The lowest BCUT2D eigenvalue weighted by atomic mass is 10.3. The summed E-state index contributed by atoms with van der Waals surface area (Å²) in [5.74, 6) is 0. The normalized spacial score (nSPS) is 11.2. The minimum atomic E-state index is 0.532.